The third-order valence-electron chi connectivity index (χ3n) is 11.3. The molecule has 4 heterocycles. The standard InChI is InChI=1S/C38H45N3O13S3/c42-37(41-15-9-24(10-16-41)38(43)44)29-21-27(57(51,52)53)7-8-28(29)36-30-19-25-5-1-11-39(13-3-17-55(45,46)47)32(25)22-34(30)54-35-23-33-26(20-31(35)36)6-2-12-40(33)14-4-18-56(48,49)50/h7-8,19-24,34H,1-6,9-18H2,(H,43,44)(H,45,46,47)(H,48,49,50)(H,51,52,53). The van der Waals surface area contributed by atoms with Crippen molar-refractivity contribution in [2.45, 2.75) is 62.4 Å². The predicted molar refractivity (Wildman–Crippen MR) is 209 cm³/mol. The Morgan fingerprint density at radius 3 is 2.09 bits per heavy atom. The van der Waals surface area contributed by atoms with Crippen molar-refractivity contribution < 1.29 is 58.3 Å². The van der Waals surface area contributed by atoms with E-state index >= 15 is 0 Å². The highest BCUT2D eigenvalue weighted by Gasteiger charge is 2.37. The molecular weight excluding hydrogens is 803 g/mol. The van der Waals surface area contributed by atoms with Gasteiger partial charge in [-0.1, -0.05) is 6.07 Å². The van der Waals surface area contributed by atoms with Crippen molar-refractivity contribution in [1.29, 1.82) is 0 Å². The highest BCUT2D eigenvalue weighted by atomic mass is 32.2. The SMILES string of the molecule is O=C(O)C1CCN(C(=O)c2cc(S(=O)(=O)O)ccc2C2=C3C=C4CCCN(CCCS(=O)(=O)O)C4=CC3Oc3cc4c(cc32)CCCN4CCCS(=O)(=O)O)CC1. The number of carboxylic acid groups (broad SMARTS) is 1. The van der Waals surface area contributed by atoms with Gasteiger partial charge in [0, 0.05) is 79.0 Å². The summed E-state index contributed by atoms with van der Waals surface area (Å²) in [5.74, 6) is -2.45. The Morgan fingerprint density at radius 1 is 0.789 bits per heavy atom. The van der Waals surface area contributed by atoms with Crippen LogP contribution < -0.4 is 9.64 Å². The molecule has 1 amide bonds. The number of aryl methyl sites for hydroxylation is 1. The molecule has 0 bridgehead atoms. The molecule has 1 aliphatic carbocycles. The van der Waals surface area contributed by atoms with E-state index in [0.29, 0.717) is 67.0 Å². The Bertz CT molecular complexity index is 2420. The number of carbonyl (C=O) groups is 2. The normalized spacial score (nSPS) is 20.1. The van der Waals surface area contributed by atoms with Gasteiger partial charge in [0.05, 0.1) is 22.3 Å². The average molecular weight is 848 g/mol. The second kappa shape index (κ2) is 15.8. The summed E-state index contributed by atoms with van der Waals surface area (Å²) < 4.78 is 106. The zero-order valence-electron chi connectivity index (χ0n) is 31.0. The smallest absolute Gasteiger partial charge is 0.306 e. The molecule has 57 heavy (non-hydrogen) atoms. The number of ether oxygens (including phenoxy) is 1. The summed E-state index contributed by atoms with van der Waals surface area (Å²) in [6, 6.07) is 7.73. The van der Waals surface area contributed by atoms with Gasteiger partial charge in [-0.3, -0.25) is 23.2 Å². The van der Waals surface area contributed by atoms with Crippen LogP contribution in [0.1, 0.15) is 72.0 Å². The van der Waals surface area contributed by atoms with E-state index in [4.69, 9.17) is 4.74 Å². The number of benzene rings is 2. The fourth-order valence-electron chi connectivity index (χ4n) is 8.58. The Kier molecular flexibility index (Phi) is 11.4. The van der Waals surface area contributed by atoms with Crippen molar-refractivity contribution in [2.24, 2.45) is 5.92 Å². The van der Waals surface area contributed by atoms with Crippen molar-refractivity contribution in [3.05, 3.63) is 81.6 Å². The zero-order chi connectivity index (χ0) is 40.9. The van der Waals surface area contributed by atoms with Gasteiger partial charge in [0.15, 0.2) is 0 Å². The Morgan fingerprint density at radius 2 is 1.44 bits per heavy atom. The van der Waals surface area contributed by atoms with Gasteiger partial charge in [0.1, 0.15) is 11.9 Å². The molecule has 0 radical (unpaired) electrons. The van der Waals surface area contributed by atoms with E-state index in [9.17, 15) is 53.6 Å². The minimum absolute atomic E-state index is 0.00113. The summed E-state index contributed by atoms with van der Waals surface area (Å²) >= 11 is 0. The Balaban J connectivity index is 1.37. The molecular formula is C38H45N3O13S3. The lowest BCUT2D eigenvalue weighted by Crippen LogP contribution is -2.40. The second-order valence-corrected chi connectivity index (χ2v) is 19.7. The molecule has 1 atom stereocenters. The predicted octanol–water partition coefficient (Wildman–Crippen LogP) is 3.66. The van der Waals surface area contributed by atoms with Gasteiger partial charge < -0.3 is 24.5 Å². The Hall–Kier alpha value is -4.27. The topological polar surface area (TPSA) is 236 Å². The summed E-state index contributed by atoms with van der Waals surface area (Å²) in [4.78, 5) is 31.3. The summed E-state index contributed by atoms with van der Waals surface area (Å²) in [5.41, 5.74) is 5.86. The number of allylic oxidation sites excluding steroid dienone is 1. The number of hydrogen-bond acceptors (Lipinski definition) is 11. The molecule has 2 aromatic carbocycles. The molecule has 5 aliphatic rings. The van der Waals surface area contributed by atoms with Crippen LogP contribution in [-0.4, -0.2) is 123 Å². The number of amides is 1. The maximum absolute atomic E-state index is 14.5. The fourth-order valence-corrected chi connectivity index (χ4v) is 10.1. The second-order valence-electron chi connectivity index (χ2n) is 15.1. The maximum Gasteiger partial charge on any atom is 0.306 e. The van der Waals surface area contributed by atoms with Crippen LogP contribution in [0.4, 0.5) is 5.69 Å². The number of carbonyl (C=O) groups excluding carboxylic acids is 1. The third-order valence-corrected chi connectivity index (χ3v) is 13.7. The molecule has 1 unspecified atom stereocenters. The first kappa shape index (κ1) is 40.9. The van der Waals surface area contributed by atoms with Crippen molar-refractivity contribution >= 4 is 53.5 Å². The first-order valence-corrected chi connectivity index (χ1v) is 23.6. The monoisotopic (exact) mass is 847 g/mol. The molecule has 0 aromatic heterocycles. The quantitative estimate of drug-likeness (QED) is 0.223. The lowest BCUT2D eigenvalue weighted by Gasteiger charge is -2.40. The van der Waals surface area contributed by atoms with Crippen LogP contribution in [0.2, 0.25) is 0 Å². The number of rotatable bonds is 12. The molecule has 2 fully saturated rings. The van der Waals surface area contributed by atoms with E-state index in [0.717, 1.165) is 41.4 Å². The average Bonchev–Trinajstić information content (AvgIpc) is 3.14. The number of likely N-dealkylation sites (tertiary alicyclic amines) is 2. The zero-order valence-corrected chi connectivity index (χ0v) is 33.5. The number of carboxylic acids is 1. The van der Waals surface area contributed by atoms with Crippen molar-refractivity contribution in [1.82, 2.24) is 9.80 Å². The summed E-state index contributed by atoms with van der Waals surface area (Å²) in [6.07, 6.45) is 6.92. The van der Waals surface area contributed by atoms with Crippen LogP contribution in [0.15, 0.2) is 64.2 Å². The van der Waals surface area contributed by atoms with Crippen LogP contribution in [0.5, 0.6) is 5.75 Å². The van der Waals surface area contributed by atoms with E-state index in [1.807, 2.05) is 29.2 Å². The van der Waals surface area contributed by atoms with Crippen molar-refractivity contribution in [2.75, 3.05) is 55.7 Å². The number of nitrogens with zero attached hydrogens (tertiary/aromatic N) is 3. The van der Waals surface area contributed by atoms with Crippen molar-refractivity contribution in [3.8, 4) is 5.75 Å². The molecule has 308 valence electrons. The van der Waals surface area contributed by atoms with Gasteiger partial charge in [0.2, 0.25) is 0 Å². The van der Waals surface area contributed by atoms with Gasteiger partial charge in [-0.25, -0.2) is 0 Å². The molecule has 2 saturated heterocycles. The van der Waals surface area contributed by atoms with Crippen LogP contribution in [-0.2, 0) is 41.6 Å². The molecule has 0 spiro atoms. The van der Waals surface area contributed by atoms with Gasteiger partial charge in [-0.05, 0) is 98.4 Å². The first-order valence-electron chi connectivity index (χ1n) is 18.9. The van der Waals surface area contributed by atoms with Crippen LogP contribution in [0.3, 0.4) is 0 Å². The Labute approximate surface area is 331 Å². The first-order chi connectivity index (χ1) is 26.9. The number of hydrogen-bond donors (Lipinski definition) is 4. The number of piperidine rings is 2. The lowest BCUT2D eigenvalue weighted by atomic mass is 9.80. The van der Waals surface area contributed by atoms with Crippen LogP contribution >= 0.6 is 0 Å². The number of fused-ring (bicyclic) bond motifs is 4. The molecule has 4 N–H and O–H groups in total. The minimum Gasteiger partial charge on any atom is -0.481 e. The highest BCUT2D eigenvalue weighted by Crippen LogP contribution is 2.48. The van der Waals surface area contributed by atoms with E-state index < -0.39 is 70.7 Å². The number of anilines is 1. The summed E-state index contributed by atoms with van der Waals surface area (Å²) in [6.45, 7) is 2.25. The fraction of sp³-hybridized carbons (Fsp3) is 0.474. The summed E-state index contributed by atoms with van der Waals surface area (Å²) in [5, 5.41) is 9.57. The molecule has 2 aromatic rings. The van der Waals surface area contributed by atoms with E-state index in [2.05, 4.69) is 4.90 Å². The lowest BCUT2D eigenvalue weighted by molar-refractivity contribution is -0.143. The highest BCUT2D eigenvalue weighted by molar-refractivity contribution is 7.86. The number of aliphatic carboxylic acids is 1. The van der Waals surface area contributed by atoms with E-state index in [-0.39, 0.29) is 44.3 Å². The van der Waals surface area contributed by atoms with Gasteiger partial charge in [-0.15, -0.1) is 0 Å². The molecule has 0 saturated carbocycles. The van der Waals surface area contributed by atoms with Crippen LogP contribution in [0, 0.1) is 5.92 Å². The largest absolute Gasteiger partial charge is 0.481 e. The molecule has 7 rings (SSSR count). The van der Waals surface area contributed by atoms with Crippen molar-refractivity contribution in [3.63, 3.8) is 0 Å². The van der Waals surface area contributed by atoms with Gasteiger partial charge >= 0.3 is 5.97 Å². The molecule has 19 heteroatoms. The van der Waals surface area contributed by atoms with E-state index in [1.54, 1.807) is 0 Å². The van der Waals surface area contributed by atoms with Crippen LogP contribution in [0.25, 0.3) is 5.57 Å². The molecule has 4 aliphatic heterocycles. The summed E-state index contributed by atoms with van der Waals surface area (Å²) in [7, 11) is -13.1. The third kappa shape index (κ3) is 9.08. The van der Waals surface area contributed by atoms with E-state index in [1.165, 1.54) is 17.0 Å². The van der Waals surface area contributed by atoms with Gasteiger partial charge in [0.25, 0.3) is 36.3 Å². The van der Waals surface area contributed by atoms with Gasteiger partial charge in [-0.2, -0.15) is 25.3 Å². The minimum atomic E-state index is -4.74. The molecule has 16 nitrogen and oxygen atoms in total. The maximum atomic E-state index is 14.5.